The first-order chi connectivity index (χ1) is 10.0. The number of hydrogen-bond donors (Lipinski definition) is 1. The highest BCUT2D eigenvalue weighted by Crippen LogP contribution is 2.52. The Kier molecular flexibility index (Phi) is 4.20. The Balaban J connectivity index is 1.82. The molecule has 3 rings (SSSR count). The van der Waals surface area contributed by atoms with E-state index in [2.05, 4.69) is 13.8 Å². The summed E-state index contributed by atoms with van der Waals surface area (Å²) in [5.74, 6) is 1.01. The summed E-state index contributed by atoms with van der Waals surface area (Å²) < 4.78 is 6.45. The molecule has 0 saturated heterocycles. The van der Waals surface area contributed by atoms with E-state index in [1.165, 1.54) is 38.5 Å². The highest BCUT2D eigenvalue weighted by atomic mass is 35.5. The van der Waals surface area contributed by atoms with E-state index in [0.717, 1.165) is 28.3 Å². The molecule has 2 N–H and O–H groups in total. The molecule has 2 nitrogen and oxygen atoms in total. The van der Waals surface area contributed by atoms with Crippen LogP contribution in [0.1, 0.15) is 56.1 Å². The number of benzene rings is 1. The zero-order valence-corrected chi connectivity index (χ0v) is 13.9. The van der Waals surface area contributed by atoms with E-state index in [4.69, 9.17) is 22.1 Å². The third-order valence-corrected chi connectivity index (χ3v) is 5.79. The van der Waals surface area contributed by atoms with Crippen molar-refractivity contribution >= 4 is 11.6 Å². The number of hydrogen-bond acceptors (Lipinski definition) is 2. The van der Waals surface area contributed by atoms with Crippen LogP contribution in [0.25, 0.3) is 0 Å². The Morgan fingerprint density at radius 3 is 2.19 bits per heavy atom. The van der Waals surface area contributed by atoms with Crippen LogP contribution in [0, 0.1) is 19.3 Å². The van der Waals surface area contributed by atoms with Gasteiger partial charge in [-0.1, -0.05) is 37.3 Å². The maximum Gasteiger partial charge on any atom is 0.125 e. The van der Waals surface area contributed by atoms with Crippen LogP contribution in [0.3, 0.4) is 0 Å². The summed E-state index contributed by atoms with van der Waals surface area (Å²) in [5.41, 5.74) is 8.88. The summed E-state index contributed by atoms with van der Waals surface area (Å²) in [7, 11) is 0. The van der Waals surface area contributed by atoms with Crippen molar-refractivity contribution in [1.82, 2.24) is 0 Å². The zero-order chi connectivity index (χ0) is 15.0. The molecule has 2 fully saturated rings. The molecule has 0 aromatic heterocycles. The second kappa shape index (κ2) is 5.81. The van der Waals surface area contributed by atoms with Gasteiger partial charge in [0, 0.05) is 22.9 Å². The summed E-state index contributed by atoms with van der Waals surface area (Å²) in [6.45, 7) is 4.15. The molecule has 0 heterocycles. The van der Waals surface area contributed by atoms with Crippen LogP contribution >= 0.6 is 11.6 Å². The standard InChI is InChI=1S/C18H26ClNO/c1-12-9-14(19)10-13(2)17(12)21-16-11-15(20)18(16)7-5-3-4-6-8-18/h9-10,15-16H,3-8,11,20H2,1-2H3. The van der Waals surface area contributed by atoms with E-state index in [-0.39, 0.29) is 11.5 Å². The minimum Gasteiger partial charge on any atom is -0.489 e. The van der Waals surface area contributed by atoms with E-state index in [1.807, 2.05) is 12.1 Å². The van der Waals surface area contributed by atoms with Gasteiger partial charge in [-0.15, -0.1) is 0 Å². The van der Waals surface area contributed by atoms with Gasteiger partial charge in [0.05, 0.1) is 0 Å². The Morgan fingerprint density at radius 1 is 1.10 bits per heavy atom. The highest BCUT2D eigenvalue weighted by molar-refractivity contribution is 6.30. The molecule has 2 atom stereocenters. The Hall–Kier alpha value is -0.730. The predicted molar refractivity (Wildman–Crippen MR) is 88.1 cm³/mol. The van der Waals surface area contributed by atoms with Crippen molar-refractivity contribution in [2.75, 3.05) is 0 Å². The largest absolute Gasteiger partial charge is 0.489 e. The molecule has 2 aliphatic carbocycles. The van der Waals surface area contributed by atoms with Gasteiger partial charge in [-0.2, -0.15) is 0 Å². The van der Waals surface area contributed by atoms with Gasteiger partial charge in [-0.3, -0.25) is 0 Å². The molecule has 0 aliphatic heterocycles. The zero-order valence-electron chi connectivity index (χ0n) is 13.1. The SMILES string of the molecule is Cc1cc(Cl)cc(C)c1OC1CC(N)C12CCCCCC2. The first-order valence-corrected chi connectivity index (χ1v) is 8.60. The van der Waals surface area contributed by atoms with Crippen LogP contribution in [0.5, 0.6) is 5.75 Å². The van der Waals surface area contributed by atoms with Crippen LogP contribution in [0.4, 0.5) is 0 Å². The van der Waals surface area contributed by atoms with Crippen LogP contribution in [-0.2, 0) is 0 Å². The van der Waals surface area contributed by atoms with Crippen LogP contribution in [-0.4, -0.2) is 12.1 Å². The van der Waals surface area contributed by atoms with Crippen LogP contribution in [0.2, 0.25) is 5.02 Å². The fourth-order valence-electron chi connectivity index (χ4n) is 4.25. The average molecular weight is 308 g/mol. The van der Waals surface area contributed by atoms with Crippen molar-refractivity contribution in [3.8, 4) is 5.75 Å². The van der Waals surface area contributed by atoms with Gasteiger partial charge in [0.25, 0.3) is 0 Å². The molecule has 0 amide bonds. The Bertz CT molecular complexity index is 497. The topological polar surface area (TPSA) is 35.2 Å². The Morgan fingerprint density at radius 2 is 1.67 bits per heavy atom. The molecule has 0 radical (unpaired) electrons. The monoisotopic (exact) mass is 307 g/mol. The van der Waals surface area contributed by atoms with E-state index >= 15 is 0 Å². The lowest BCUT2D eigenvalue weighted by molar-refractivity contribution is -0.0775. The molecular formula is C18H26ClNO. The number of halogens is 1. The highest BCUT2D eigenvalue weighted by Gasteiger charge is 2.54. The van der Waals surface area contributed by atoms with Gasteiger partial charge in [0.2, 0.25) is 0 Å². The van der Waals surface area contributed by atoms with Gasteiger partial charge >= 0.3 is 0 Å². The van der Waals surface area contributed by atoms with E-state index in [1.54, 1.807) is 0 Å². The molecule has 116 valence electrons. The molecule has 1 aromatic rings. The summed E-state index contributed by atoms with van der Waals surface area (Å²) >= 11 is 6.12. The summed E-state index contributed by atoms with van der Waals surface area (Å²) in [6, 6.07) is 4.29. The quantitative estimate of drug-likeness (QED) is 0.853. The van der Waals surface area contributed by atoms with Gasteiger partial charge < -0.3 is 10.5 Å². The summed E-state index contributed by atoms with van der Waals surface area (Å²) in [4.78, 5) is 0. The maximum atomic E-state index is 6.45. The fraction of sp³-hybridized carbons (Fsp3) is 0.667. The Labute approximate surface area is 133 Å². The molecule has 1 spiro atoms. The molecule has 2 aliphatic rings. The average Bonchev–Trinajstić information content (AvgIpc) is 2.69. The second-order valence-electron chi connectivity index (χ2n) is 6.96. The van der Waals surface area contributed by atoms with Crippen LogP contribution in [0.15, 0.2) is 12.1 Å². The molecule has 3 heteroatoms. The van der Waals surface area contributed by atoms with Gasteiger partial charge in [0.15, 0.2) is 0 Å². The minimum absolute atomic E-state index is 0.217. The molecule has 2 unspecified atom stereocenters. The third-order valence-electron chi connectivity index (χ3n) is 5.57. The first-order valence-electron chi connectivity index (χ1n) is 8.22. The van der Waals surface area contributed by atoms with Crippen molar-refractivity contribution in [2.24, 2.45) is 11.1 Å². The normalized spacial score (nSPS) is 28.0. The lowest BCUT2D eigenvalue weighted by atomic mass is 9.58. The van der Waals surface area contributed by atoms with Gasteiger partial charge in [0.1, 0.15) is 11.9 Å². The van der Waals surface area contributed by atoms with Crippen molar-refractivity contribution in [3.05, 3.63) is 28.3 Å². The van der Waals surface area contributed by atoms with E-state index in [9.17, 15) is 0 Å². The van der Waals surface area contributed by atoms with E-state index in [0.29, 0.717) is 6.04 Å². The molecule has 2 saturated carbocycles. The summed E-state index contributed by atoms with van der Waals surface area (Å²) in [5, 5.41) is 0.784. The molecule has 1 aromatic carbocycles. The predicted octanol–water partition coefficient (Wildman–Crippen LogP) is 4.78. The number of rotatable bonds is 2. The van der Waals surface area contributed by atoms with E-state index < -0.39 is 0 Å². The summed E-state index contributed by atoms with van der Waals surface area (Å²) in [6.07, 6.45) is 9.01. The number of nitrogens with two attached hydrogens (primary N) is 1. The van der Waals surface area contributed by atoms with Crippen molar-refractivity contribution < 1.29 is 4.74 Å². The smallest absolute Gasteiger partial charge is 0.125 e. The fourth-order valence-corrected chi connectivity index (χ4v) is 4.58. The van der Waals surface area contributed by atoms with Crippen LogP contribution < -0.4 is 10.5 Å². The number of ether oxygens (including phenoxy) is 1. The van der Waals surface area contributed by atoms with Crippen molar-refractivity contribution in [3.63, 3.8) is 0 Å². The first kappa shape index (κ1) is 15.2. The molecular weight excluding hydrogens is 282 g/mol. The lowest BCUT2D eigenvalue weighted by Crippen LogP contribution is -2.63. The second-order valence-corrected chi connectivity index (χ2v) is 7.40. The molecule has 21 heavy (non-hydrogen) atoms. The molecule has 0 bridgehead atoms. The van der Waals surface area contributed by atoms with Crippen molar-refractivity contribution in [2.45, 2.75) is 70.9 Å². The minimum atomic E-state index is 0.217. The lowest BCUT2D eigenvalue weighted by Gasteiger charge is -2.54. The number of aryl methyl sites for hydroxylation is 2. The van der Waals surface area contributed by atoms with Crippen molar-refractivity contribution in [1.29, 1.82) is 0 Å². The van der Waals surface area contributed by atoms with Gasteiger partial charge in [-0.05, 0) is 49.9 Å². The maximum absolute atomic E-state index is 6.45. The van der Waals surface area contributed by atoms with Gasteiger partial charge in [-0.25, -0.2) is 0 Å². The third kappa shape index (κ3) is 2.68.